The molecule has 0 heterocycles. The molecule has 0 aliphatic rings. The third kappa shape index (κ3) is 6.85. The van der Waals surface area contributed by atoms with Crippen LogP contribution in [0, 0.1) is 0 Å². The molecule has 176 valence electrons. The average molecular weight is 507 g/mol. The minimum Gasteiger partial charge on any atom is -0.462 e. The van der Waals surface area contributed by atoms with Crippen molar-refractivity contribution < 1.29 is 22.7 Å². The van der Waals surface area contributed by atoms with Crippen LogP contribution in [0.2, 0.25) is 10.0 Å². The molecule has 2 N–H and O–H groups in total. The molecule has 0 radical (unpaired) electrons. The van der Waals surface area contributed by atoms with Crippen LogP contribution in [0.15, 0.2) is 89.6 Å². The first-order chi connectivity index (χ1) is 16.1. The number of carbonyl (C=O) groups is 1. The maximum atomic E-state index is 13.0. The Labute approximate surface area is 204 Å². The number of halogens is 5. The summed E-state index contributed by atoms with van der Waals surface area (Å²) in [7, 11) is 0. The van der Waals surface area contributed by atoms with Crippen molar-refractivity contribution in [3.8, 4) is 0 Å². The predicted molar refractivity (Wildman–Crippen MR) is 128 cm³/mol. The molecular formula is C25H19Cl2F3N2O2. The van der Waals surface area contributed by atoms with Crippen LogP contribution in [0.3, 0.4) is 0 Å². The lowest BCUT2D eigenvalue weighted by Crippen LogP contribution is -2.21. The zero-order chi connectivity index (χ0) is 24.7. The Morgan fingerprint density at radius 2 is 1.50 bits per heavy atom. The van der Waals surface area contributed by atoms with Crippen molar-refractivity contribution in [2.24, 2.45) is 10.7 Å². The zero-order valence-corrected chi connectivity index (χ0v) is 19.2. The van der Waals surface area contributed by atoms with Gasteiger partial charge in [-0.05, 0) is 42.0 Å². The molecular weight excluding hydrogens is 488 g/mol. The quantitative estimate of drug-likeness (QED) is 0.279. The second kappa shape index (κ2) is 11.2. The number of hydrogen-bond donors (Lipinski definition) is 1. The van der Waals surface area contributed by atoms with Crippen molar-refractivity contribution in [1.29, 1.82) is 0 Å². The highest BCUT2D eigenvalue weighted by atomic mass is 35.5. The minimum atomic E-state index is -4.73. The van der Waals surface area contributed by atoms with Gasteiger partial charge in [-0.15, -0.1) is 0 Å². The summed E-state index contributed by atoms with van der Waals surface area (Å²) >= 11 is 12.2. The molecule has 0 saturated carbocycles. The molecule has 0 fully saturated rings. The lowest BCUT2D eigenvalue weighted by Gasteiger charge is -2.10. The fourth-order valence-electron chi connectivity index (χ4n) is 2.90. The molecule has 0 amide bonds. The van der Waals surface area contributed by atoms with E-state index in [1.165, 1.54) is 24.3 Å². The lowest BCUT2D eigenvalue weighted by atomic mass is 10.1. The number of hydrogen-bond acceptors (Lipinski definition) is 4. The molecule has 34 heavy (non-hydrogen) atoms. The Hall–Kier alpha value is -3.29. The summed E-state index contributed by atoms with van der Waals surface area (Å²) in [6.07, 6.45) is -3.56. The highest BCUT2D eigenvalue weighted by molar-refractivity contribution is 6.33. The number of ether oxygens (including phenoxy) is 1. The predicted octanol–water partition coefficient (Wildman–Crippen LogP) is 6.92. The number of rotatable bonds is 7. The van der Waals surface area contributed by atoms with Crippen LogP contribution in [-0.4, -0.2) is 24.5 Å². The summed E-state index contributed by atoms with van der Waals surface area (Å²) in [6.45, 7) is 0.119. The molecule has 9 heteroatoms. The van der Waals surface area contributed by atoms with Crippen molar-refractivity contribution in [2.45, 2.75) is 12.6 Å². The van der Waals surface area contributed by atoms with E-state index in [-0.39, 0.29) is 28.6 Å². The lowest BCUT2D eigenvalue weighted by molar-refractivity contribution is -0.0925. The number of benzene rings is 3. The third-order valence-corrected chi connectivity index (χ3v) is 5.38. The molecule has 0 bridgehead atoms. The van der Waals surface area contributed by atoms with Gasteiger partial charge in [0, 0.05) is 17.0 Å². The van der Waals surface area contributed by atoms with Gasteiger partial charge in [0.1, 0.15) is 5.70 Å². The largest absolute Gasteiger partial charge is 0.462 e. The number of nitrogens with zero attached hydrogens (tertiary/aromatic N) is 1. The summed E-state index contributed by atoms with van der Waals surface area (Å²) in [6, 6.07) is 19.5. The third-order valence-electron chi connectivity index (χ3n) is 4.69. The van der Waals surface area contributed by atoms with E-state index < -0.39 is 17.8 Å². The molecule has 0 aliphatic heterocycles. The van der Waals surface area contributed by atoms with Crippen LogP contribution in [0.1, 0.15) is 21.5 Å². The van der Waals surface area contributed by atoms with E-state index in [0.29, 0.717) is 17.0 Å². The second-order valence-corrected chi connectivity index (χ2v) is 7.91. The van der Waals surface area contributed by atoms with Crippen molar-refractivity contribution >= 4 is 40.6 Å². The SMILES string of the molecule is N/C(=C\C(=Nc1ccccc1Cl)c1ccc(C(=O)OCCc2ccccc2Cl)cc1)C(F)(F)F. The number of para-hydroxylation sites is 1. The molecule has 0 aromatic heterocycles. The number of esters is 1. The van der Waals surface area contributed by atoms with Gasteiger partial charge in [0.25, 0.3) is 0 Å². The van der Waals surface area contributed by atoms with E-state index in [1.807, 2.05) is 12.1 Å². The Morgan fingerprint density at radius 3 is 2.12 bits per heavy atom. The van der Waals surface area contributed by atoms with E-state index >= 15 is 0 Å². The first kappa shape index (κ1) is 25.3. The summed E-state index contributed by atoms with van der Waals surface area (Å²) < 4.78 is 44.4. The molecule has 3 aromatic rings. The monoisotopic (exact) mass is 506 g/mol. The van der Waals surface area contributed by atoms with Gasteiger partial charge in [0.05, 0.1) is 28.6 Å². The fourth-order valence-corrected chi connectivity index (χ4v) is 3.30. The first-order valence-corrected chi connectivity index (χ1v) is 10.8. The van der Waals surface area contributed by atoms with Gasteiger partial charge in [-0.25, -0.2) is 9.79 Å². The van der Waals surface area contributed by atoms with Crippen molar-refractivity contribution in [3.63, 3.8) is 0 Å². The molecule has 0 saturated heterocycles. The number of allylic oxidation sites excluding steroid dienone is 2. The zero-order valence-electron chi connectivity index (χ0n) is 17.7. The second-order valence-electron chi connectivity index (χ2n) is 7.10. The first-order valence-electron chi connectivity index (χ1n) is 10.0. The van der Waals surface area contributed by atoms with Crippen LogP contribution < -0.4 is 5.73 Å². The average Bonchev–Trinajstić information content (AvgIpc) is 2.80. The van der Waals surface area contributed by atoms with E-state index in [2.05, 4.69) is 4.99 Å². The van der Waals surface area contributed by atoms with Crippen molar-refractivity contribution in [3.05, 3.63) is 111 Å². The maximum absolute atomic E-state index is 13.0. The number of aliphatic imine (C=N–C) groups is 1. The number of nitrogens with two attached hydrogens (primary N) is 1. The van der Waals surface area contributed by atoms with Gasteiger partial charge in [-0.2, -0.15) is 13.2 Å². The van der Waals surface area contributed by atoms with Gasteiger partial charge >= 0.3 is 12.1 Å². The van der Waals surface area contributed by atoms with Crippen molar-refractivity contribution in [2.75, 3.05) is 6.61 Å². The summed E-state index contributed by atoms with van der Waals surface area (Å²) in [4.78, 5) is 16.6. The van der Waals surface area contributed by atoms with Gasteiger partial charge < -0.3 is 10.5 Å². The van der Waals surface area contributed by atoms with Crippen LogP contribution in [0.5, 0.6) is 0 Å². The molecule has 0 aliphatic carbocycles. The Kier molecular flexibility index (Phi) is 8.36. The van der Waals surface area contributed by atoms with Crippen LogP contribution in [-0.2, 0) is 11.2 Å². The van der Waals surface area contributed by atoms with Crippen LogP contribution >= 0.6 is 23.2 Å². The highest BCUT2D eigenvalue weighted by Gasteiger charge is 2.31. The van der Waals surface area contributed by atoms with Crippen molar-refractivity contribution in [1.82, 2.24) is 0 Å². The summed E-state index contributed by atoms with van der Waals surface area (Å²) in [5, 5.41) is 0.845. The molecule has 4 nitrogen and oxygen atoms in total. The fraction of sp³-hybridized carbons (Fsp3) is 0.120. The van der Waals surface area contributed by atoms with Gasteiger partial charge in [0.15, 0.2) is 0 Å². The number of alkyl halides is 3. The van der Waals surface area contributed by atoms with Gasteiger partial charge in [-0.3, -0.25) is 0 Å². The Morgan fingerprint density at radius 1 is 0.912 bits per heavy atom. The molecule has 3 aromatic carbocycles. The Balaban J connectivity index is 1.80. The standard InChI is InChI=1S/C25H19Cl2F3N2O2/c26-19-6-2-1-5-16(19)13-14-34-24(33)18-11-9-17(10-12-18)22(15-23(31)25(28,29)30)32-21-8-4-3-7-20(21)27/h1-12,15H,13-14,31H2/b23-15-,32-22?. The molecule has 0 unspecified atom stereocenters. The molecule has 0 atom stereocenters. The summed E-state index contributed by atoms with van der Waals surface area (Å²) in [5.74, 6) is -0.575. The van der Waals surface area contributed by atoms with E-state index in [4.69, 9.17) is 33.7 Å². The van der Waals surface area contributed by atoms with E-state index in [0.717, 1.165) is 11.6 Å². The van der Waals surface area contributed by atoms with Gasteiger partial charge in [-0.1, -0.05) is 65.7 Å². The number of carbonyl (C=O) groups excluding carboxylic acids is 1. The minimum absolute atomic E-state index is 0.0680. The molecule has 3 rings (SSSR count). The summed E-state index contributed by atoms with van der Waals surface area (Å²) in [5.41, 5.74) is 5.48. The molecule has 0 spiro atoms. The topological polar surface area (TPSA) is 64.7 Å². The maximum Gasteiger partial charge on any atom is 0.430 e. The van der Waals surface area contributed by atoms with Crippen LogP contribution in [0.4, 0.5) is 18.9 Å². The van der Waals surface area contributed by atoms with E-state index in [1.54, 1.807) is 36.4 Å². The Bertz CT molecular complexity index is 1220. The smallest absolute Gasteiger partial charge is 0.430 e. The normalized spacial score (nSPS) is 12.5. The van der Waals surface area contributed by atoms with Crippen LogP contribution in [0.25, 0.3) is 0 Å². The highest BCUT2D eigenvalue weighted by Crippen LogP contribution is 2.27. The van der Waals surface area contributed by atoms with E-state index in [9.17, 15) is 18.0 Å². The van der Waals surface area contributed by atoms with Gasteiger partial charge in [0.2, 0.25) is 0 Å².